The molecule has 2 amide bonds. The third-order valence-electron chi connectivity index (χ3n) is 5.99. The van der Waals surface area contributed by atoms with Crippen molar-refractivity contribution in [1.29, 1.82) is 0 Å². The molecule has 4 rings (SSSR count). The first-order valence-corrected chi connectivity index (χ1v) is 11.8. The van der Waals surface area contributed by atoms with Crippen LogP contribution in [0.5, 0.6) is 0 Å². The minimum Gasteiger partial charge on any atom is -0.480 e. The van der Waals surface area contributed by atoms with Crippen LogP contribution in [0.25, 0.3) is 12.2 Å². The van der Waals surface area contributed by atoms with Gasteiger partial charge in [0.05, 0.1) is 6.61 Å². The number of ether oxygens (including phenoxy) is 1. The number of amides is 2. The Kier molecular flexibility index (Phi) is 6.60. The van der Waals surface area contributed by atoms with Gasteiger partial charge in [-0.2, -0.15) is 0 Å². The Morgan fingerprint density at radius 3 is 2.67 bits per heavy atom. The van der Waals surface area contributed by atoms with Crippen molar-refractivity contribution in [2.75, 3.05) is 26.7 Å². The molecule has 1 aromatic carbocycles. The van der Waals surface area contributed by atoms with Crippen LogP contribution in [-0.4, -0.2) is 69.4 Å². The maximum Gasteiger partial charge on any atom is 0.410 e. The zero-order valence-electron chi connectivity index (χ0n) is 18.5. The molecule has 2 N–H and O–H groups in total. The molecule has 0 saturated heterocycles. The molecule has 9 heteroatoms. The van der Waals surface area contributed by atoms with E-state index < -0.39 is 5.97 Å². The summed E-state index contributed by atoms with van der Waals surface area (Å²) in [5, 5.41) is 11.2. The number of carbonyl (C=O) groups excluding carboxylic acids is 2. The van der Waals surface area contributed by atoms with Gasteiger partial charge < -0.3 is 19.7 Å². The number of aromatic nitrogens is 1. The normalized spacial score (nSPS) is 18.9. The number of fused-ring (bicyclic) bond motifs is 3. The van der Waals surface area contributed by atoms with Crippen molar-refractivity contribution < 1.29 is 24.2 Å². The first-order chi connectivity index (χ1) is 15.8. The van der Waals surface area contributed by atoms with Gasteiger partial charge in [-0.15, -0.1) is 0 Å². The van der Waals surface area contributed by atoms with E-state index in [2.05, 4.69) is 33.1 Å². The van der Waals surface area contributed by atoms with Gasteiger partial charge in [-0.3, -0.25) is 14.5 Å². The first kappa shape index (κ1) is 23.1. The van der Waals surface area contributed by atoms with Crippen LogP contribution in [0, 0.1) is 0 Å². The minimum absolute atomic E-state index is 0.277. The van der Waals surface area contributed by atoms with Crippen LogP contribution in [0.2, 0.25) is 0 Å². The number of halogens is 1. The highest BCUT2D eigenvalue weighted by Crippen LogP contribution is 2.33. The van der Waals surface area contributed by atoms with Crippen molar-refractivity contribution in [2.24, 2.45) is 0 Å². The molecule has 0 spiro atoms. The highest BCUT2D eigenvalue weighted by atomic mass is 79.9. The number of nitrogens with zero attached hydrogens (tertiary/aromatic N) is 2. The van der Waals surface area contributed by atoms with Gasteiger partial charge >= 0.3 is 12.1 Å². The standard InChI is InChI=1S/C24H26BrN3O5/c1-3-33-24(32)28-11-10-17-18-12-16(25)8-9-19(18)26-21(17)22(28)14-4-6-15(7-5-14)23(31)27(2)13-20(29)30/h4-7,9,12,16,22,26H,3,8,10-11,13H2,1-2H3,(H,29,30). The number of rotatable bonds is 5. The molecule has 1 aliphatic heterocycles. The van der Waals surface area contributed by atoms with E-state index in [9.17, 15) is 14.4 Å². The molecule has 1 aliphatic carbocycles. The van der Waals surface area contributed by atoms with Gasteiger partial charge in [0.15, 0.2) is 0 Å². The number of aromatic amines is 1. The number of H-pyrrole nitrogens is 1. The number of aliphatic carboxylic acids is 1. The Balaban J connectivity index is 1.74. The average Bonchev–Trinajstić information content (AvgIpc) is 3.15. The van der Waals surface area contributed by atoms with Gasteiger partial charge in [0.2, 0.25) is 0 Å². The molecule has 33 heavy (non-hydrogen) atoms. The van der Waals surface area contributed by atoms with Crippen LogP contribution >= 0.6 is 15.9 Å². The second-order valence-corrected chi connectivity index (χ2v) is 9.37. The summed E-state index contributed by atoms with van der Waals surface area (Å²) in [6.07, 6.45) is 5.60. The van der Waals surface area contributed by atoms with Crippen LogP contribution in [0.15, 0.2) is 24.3 Å². The van der Waals surface area contributed by atoms with Crippen LogP contribution < -0.4 is 10.6 Å². The van der Waals surface area contributed by atoms with E-state index in [1.807, 2.05) is 12.1 Å². The lowest BCUT2D eigenvalue weighted by Gasteiger charge is -2.35. The quantitative estimate of drug-likeness (QED) is 0.592. The van der Waals surface area contributed by atoms with Crippen molar-refractivity contribution >= 4 is 46.1 Å². The number of carboxylic acids is 1. The summed E-state index contributed by atoms with van der Waals surface area (Å²) < 4.78 is 5.33. The maximum atomic E-state index is 12.8. The number of carboxylic acid groups (broad SMARTS) is 1. The second kappa shape index (κ2) is 9.43. The molecular formula is C24H26BrN3O5. The molecule has 174 valence electrons. The van der Waals surface area contributed by atoms with E-state index in [-0.39, 0.29) is 36.0 Å². The van der Waals surface area contributed by atoms with Gasteiger partial charge in [-0.05, 0) is 48.2 Å². The van der Waals surface area contributed by atoms with Gasteiger partial charge in [-0.25, -0.2) is 4.79 Å². The van der Waals surface area contributed by atoms with E-state index in [4.69, 9.17) is 9.84 Å². The molecule has 0 saturated carbocycles. The number of likely N-dealkylation sites (N-methyl/N-ethyl adjacent to an activating group) is 1. The highest BCUT2D eigenvalue weighted by molar-refractivity contribution is 9.09. The Morgan fingerprint density at radius 1 is 1.27 bits per heavy atom. The predicted molar refractivity (Wildman–Crippen MR) is 127 cm³/mol. The lowest BCUT2D eigenvalue weighted by atomic mass is 9.92. The second-order valence-electron chi connectivity index (χ2n) is 8.19. The number of carbonyl (C=O) groups is 3. The Morgan fingerprint density at radius 2 is 2.00 bits per heavy atom. The van der Waals surface area contributed by atoms with Crippen LogP contribution in [0.3, 0.4) is 0 Å². The van der Waals surface area contributed by atoms with Crippen molar-refractivity contribution in [1.82, 2.24) is 14.8 Å². The van der Waals surface area contributed by atoms with Crippen molar-refractivity contribution in [3.63, 3.8) is 0 Å². The fourth-order valence-corrected chi connectivity index (χ4v) is 4.95. The van der Waals surface area contributed by atoms with Crippen LogP contribution in [0.4, 0.5) is 4.79 Å². The Hall–Kier alpha value is -3.07. The van der Waals surface area contributed by atoms with Crippen molar-refractivity contribution in [3.8, 4) is 0 Å². The third-order valence-corrected chi connectivity index (χ3v) is 6.63. The monoisotopic (exact) mass is 515 g/mol. The summed E-state index contributed by atoms with van der Waals surface area (Å²) in [4.78, 5) is 43.0. The summed E-state index contributed by atoms with van der Waals surface area (Å²) in [7, 11) is 1.45. The third kappa shape index (κ3) is 4.55. The van der Waals surface area contributed by atoms with E-state index in [1.54, 1.807) is 24.0 Å². The number of nitrogens with one attached hydrogen (secondary N) is 1. The van der Waals surface area contributed by atoms with E-state index in [1.165, 1.54) is 17.8 Å². The molecule has 2 atom stereocenters. The van der Waals surface area contributed by atoms with E-state index in [0.29, 0.717) is 12.1 Å². The Labute approximate surface area is 199 Å². The Bertz CT molecular complexity index is 1200. The SMILES string of the molecule is CCOC(=O)N1CCc2c([nH]c3c2=CC(Br)CC=3)C1c1ccc(C(=O)N(C)CC(=O)O)cc1. The summed E-state index contributed by atoms with van der Waals surface area (Å²) in [5.41, 5.74) is 3.37. The number of hydrogen-bond acceptors (Lipinski definition) is 4. The summed E-state index contributed by atoms with van der Waals surface area (Å²) >= 11 is 3.68. The van der Waals surface area contributed by atoms with E-state index >= 15 is 0 Å². The molecular weight excluding hydrogens is 490 g/mol. The molecule has 2 aliphatic rings. The minimum atomic E-state index is -1.07. The largest absolute Gasteiger partial charge is 0.480 e. The van der Waals surface area contributed by atoms with Gasteiger partial charge in [0.1, 0.15) is 12.6 Å². The molecule has 1 aromatic heterocycles. The lowest BCUT2D eigenvalue weighted by Crippen LogP contribution is -2.42. The number of hydrogen-bond donors (Lipinski definition) is 2. The summed E-state index contributed by atoms with van der Waals surface area (Å²) in [6, 6.07) is 6.59. The molecule has 0 radical (unpaired) electrons. The molecule has 0 fully saturated rings. The first-order valence-electron chi connectivity index (χ1n) is 10.9. The summed E-state index contributed by atoms with van der Waals surface area (Å²) in [5.74, 6) is -1.45. The van der Waals surface area contributed by atoms with Crippen LogP contribution in [-0.2, 0) is 16.0 Å². The maximum absolute atomic E-state index is 12.8. The molecule has 8 nitrogen and oxygen atoms in total. The lowest BCUT2D eigenvalue weighted by molar-refractivity contribution is -0.137. The summed E-state index contributed by atoms with van der Waals surface area (Å²) in [6.45, 7) is 2.21. The zero-order chi connectivity index (χ0) is 23.7. The smallest absolute Gasteiger partial charge is 0.410 e. The molecule has 0 bridgehead atoms. The molecule has 2 unspecified atom stereocenters. The molecule has 2 heterocycles. The zero-order valence-corrected chi connectivity index (χ0v) is 20.1. The number of alkyl halides is 1. The number of benzene rings is 1. The van der Waals surface area contributed by atoms with Crippen molar-refractivity contribution in [2.45, 2.75) is 30.6 Å². The molecule has 2 aromatic rings. The van der Waals surface area contributed by atoms with E-state index in [0.717, 1.165) is 34.3 Å². The van der Waals surface area contributed by atoms with Crippen molar-refractivity contribution in [3.05, 3.63) is 57.2 Å². The van der Waals surface area contributed by atoms with Gasteiger partial charge in [0, 0.05) is 35.0 Å². The van der Waals surface area contributed by atoms with Gasteiger partial charge in [0.25, 0.3) is 5.91 Å². The topological polar surface area (TPSA) is 103 Å². The highest BCUT2D eigenvalue weighted by Gasteiger charge is 2.35. The predicted octanol–water partition coefficient (Wildman–Crippen LogP) is 2.00. The average molecular weight is 516 g/mol. The fourth-order valence-electron chi connectivity index (χ4n) is 4.50. The van der Waals surface area contributed by atoms with Crippen LogP contribution in [0.1, 0.15) is 46.6 Å². The van der Waals surface area contributed by atoms with Gasteiger partial charge in [-0.1, -0.05) is 40.2 Å². The fraction of sp³-hybridized carbons (Fsp3) is 0.375.